The third-order valence-electron chi connectivity index (χ3n) is 13.6. The second-order valence-electron chi connectivity index (χ2n) is 18.8. The van der Waals surface area contributed by atoms with Gasteiger partial charge in [0.25, 0.3) is 0 Å². The van der Waals surface area contributed by atoms with Gasteiger partial charge in [0.15, 0.2) is 35.9 Å². The van der Waals surface area contributed by atoms with Crippen LogP contribution in [0.2, 0.25) is 0 Å². The van der Waals surface area contributed by atoms with Crippen LogP contribution in [-0.4, -0.2) is 251 Å². The monoisotopic (exact) mass is 1140 g/mol. The first-order chi connectivity index (χ1) is 38.1. The van der Waals surface area contributed by atoms with Crippen LogP contribution in [0.4, 0.5) is 0 Å². The number of phenolic OH excluding ortho intramolecular Hbond substituents is 3. The molecule has 0 unspecified atom stereocenters. The summed E-state index contributed by atoms with van der Waals surface area (Å²) in [7, 11) is 2.58. The van der Waals surface area contributed by atoms with Crippen molar-refractivity contribution in [2.24, 2.45) is 0 Å². The quantitative estimate of drug-likeness (QED) is 0.0327. The Kier molecular flexibility index (Phi) is 19.0. The van der Waals surface area contributed by atoms with E-state index in [0.717, 1.165) is 18.2 Å². The molecular weight excluding hydrogens is 1080 g/mol. The Balaban J connectivity index is 1.08. The molecule has 440 valence electrons. The Morgan fingerprint density at radius 1 is 0.575 bits per heavy atom. The summed E-state index contributed by atoms with van der Waals surface area (Å²) < 4.78 is 68.0. The Labute approximate surface area is 450 Å². The third kappa shape index (κ3) is 12.2. The second kappa shape index (κ2) is 25.4. The van der Waals surface area contributed by atoms with Gasteiger partial charge in [-0.05, 0) is 48.0 Å². The van der Waals surface area contributed by atoms with Gasteiger partial charge in [-0.25, -0.2) is 4.79 Å². The van der Waals surface area contributed by atoms with Crippen LogP contribution >= 0.6 is 0 Å². The summed E-state index contributed by atoms with van der Waals surface area (Å²) in [6.45, 7) is -3.64. The summed E-state index contributed by atoms with van der Waals surface area (Å²) in [6, 6.07) is 9.52. The zero-order valence-electron chi connectivity index (χ0n) is 42.0. The van der Waals surface area contributed by atoms with E-state index >= 15 is 0 Å². The van der Waals surface area contributed by atoms with Gasteiger partial charge in [0.2, 0.25) is 29.5 Å². The molecule has 4 fully saturated rings. The largest absolute Gasteiger partial charge is 0.508 e. The number of aliphatic hydroxyl groups is 13. The second-order valence-corrected chi connectivity index (χ2v) is 18.8. The molecule has 4 aliphatic heterocycles. The van der Waals surface area contributed by atoms with E-state index in [9.17, 15) is 91.3 Å². The summed E-state index contributed by atoms with van der Waals surface area (Å²) in [5.41, 5.74) is -1.34. The minimum absolute atomic E-state index is 0.0163. The van der Waals surface area contributed by atoms with Crippen molar-refractivity contribution in [2.75, 3.05) is 40.6 Å². The SMILES string of the molecule is COc1cc(/C=C/C(=O)OC[C@H]2O[C@@H](O[C@H]3[C@H](O[C@H]4[C@H](Oc5c(-c6ccc(O)cc6)oc6cc(O[C@@H]7O[C@H](CO)[C@@H](O)[C@H](O)[C@H]7O)cc(O)c6c5=O)O[C@H](CO)[C@@H](O)[C@@H]4O)O[C@H](CO)[C@@H](O)[C@@H]3O)[C@H](O)[C@@H](O)[C@@H]2O)cc(OC)c1O. The number of carbonyl (C=O) groups is 1. The van der Waals surface area contributed by atoms with Crippen LogP contribution in [0.3, 0.4) is 0 Å². The van der Waals surface area contributed by atoms with Crippen molar-refractivity contribution < 1.29 is 143 Å². The van der Waals surface area contributed by atoms with E-state index in [1.807, 2.05) is 0 Å². The van der Waals surface area contributed by atoms with Crippen LogP contribution in [0.25, 0.3) is 28.4 Å². The van der Waals surface area contributed by atoms with Gasteiger partial charge in [-0.3, -0.25) is 4.79 Å². The van der Waals surface area contributed by atoms with E-state index < -0.39 is 189 Å². The number of aliphatic hydroxyl groups excluding tert-OH is 13. The lowest BCUT2D eigenvalue weighted by atomic mass is 9.96. The lowest BCUT2D eigenvalue weighted by molar-refractivity contribution is -0.389. The first-order valence-electron chi connectivity index (χ1n) is 24.5. The molecule has 3 aromatic carbocycles. The summed E-state index contributed by atoms with van der Waals surface area (Å²) in [4.78, 5) is 27.5. The molecule has 16 N–H and O–H groups in total. The Hall–Kier alpha value is -6.08. The van der Waals surface area contributed by atoms with Crippen LogP contribution in [0.5, 0.6) is 40.2 Å². The number of methoxy groups -OCH3 is 2. The van der Waals surface area contributed by atoms with Crippen LogP contribution in [0.15, 0.2) is 63.8 Å². The van der Waals surface area contributed by atoms with Gasteiger partial charge >= 0.3 is 5.97 Å². The fourth-order valence-electron chi connectivity index (χ4n) is 9.12. The number of hydrogen-bond donors (Lipinski definition) is 16. The number of rotatable bonds is 18. The zero-order chi connectivity index (χ0) is 58.0. The van der Waals surface area contributed by atoms with E-state index in [1.165, 1.54) is 56.7 Å². The molecule has 30 nitrogen and oxygen atoms in total. The van der Waals surface area contributed by atoms with E-state index in [2.05, 4.69) is 0 Å². The molecule has 80 heavy (non-hydrogen) atoms. The number of phenols is 3. The molecule has 0 amide bonds. The first-order valence-corrected chi connectivity index (χ1v) is 24.5. The molecule has 4 aliphatic rings. The van der Waals surface area contributed by atoms with Gasteiger partial charge in [0.05, 0.1) is 34.0 Å². The van der Waals surface area contributed by atoms with E-state index in [4.69, 9.17) is 56.5 Å². The number of carbonyl (C=O) groups excluding carboxylic acids is 1. The molecule has 0 radical (unpaired) electrons. The summed E-state index contributed by atoms with van der Waals surface area (Å²) in [5, 5.41) is 171. The lowest BCUT2D eigenvalue weighted by Gasteiger charge is -2.48. The van der Waals surface area contributed by atoms with Crippen molar-refractivity contribution >= 4 is 23.0 Å². The number of hydrogen-bond acceptors (Lipinski definition) is 30. The molecule has 4 saturated heterocycles. The Bertz CT molecular complexity index is 2820. The standard InChI is InChI=1S/C50H60O30/c1-69-23-9-17(10-24(70-2)31(23)57)3-8-29(56)71-16-28-35(61)38(64)42(68)48(77-28)79-45-39(65)33(59)27(15-53)76-50(45)80-46-40(66)34(60)26(14-52)75-49(46)78-44-36(62)30-21(55)11-20(72-47-41(67)37(63)32(58)25(13-51)74-47)12-22(30)73-43(44)18-4-6-19(54)7-5-18/h3-12,25-28,32-35,37-42,45-55,57-61,63-68H,13-16H2,1-2H3/b8-3+/t25-,26-,27-,28-,32-,33-,34-,35-,37+,38+,39+,40+,41-,42-,45-,46-,47-,48+,49+,50+/m1/s1. The van der Waals surface area contributed by atoms with Crippen molar-refractivity contribution in [2.45, 2.75) is 123 Å². The average Bonchev–Trinajstić information content (AvgIpc) is 3.48. The number of aromatic hydroxyl groups is 3. The Morgan fingerprint density at radius 2 is 1.07 bits per heavy atom. The summed E-state index contributed by atoms with van der Waals surface area (Å²) >= 11 is 0. The molecular formula is C50H60O30. The maximum Gasteiger partial charge on any atom is 0.330 e. The lowest BCUT2D eigenvalue weighted by Crippen LogP contribution is -2.67. The van der Waals surface area contributed by atoms with Gasteiger partial charge in [-0.2, -0.15) is 0 Å². The van der Waals surface area contributed by atoms with Crippen molar-refractivity contribution in [3.8, 4) is 51.6 Å². The van der Waals surface area contributed by atoms with Gasteiger partial charge < -0.3 is 138 Å². The minimum Gasteiger partial charge on any atom is -0.508 e. The highest BCUT2D eigenvalue weighted by Gasteiger charge is 2.55. The fraction of sp³-hybridized carbons (Fsp3) is 0.520. The van der Waals surface area contributed by atoms with Crippen LogP contribution < -0.4 is 24.4 Å². The molecule has 30 heteroatoms. The van der Waals surface area contributed by atoms with E-state index in [0.29, 0.717) is 5.56 Å². The summed E-state index contributed by atoms with van der Waals surface area (Å²) in [5.74, 6) is -4.11. The van der Waals surface area contributed by atoms with Crippen LogP contribution in [0, 0.1) is 0 Å². The molecule has 4 aromatic rings. The maximum absolute atomic E-state index is 14.7. The molecule has 0 spiro atoms. The van der Waals surface area contributed by atoms with Crippen molar-refractivity contribution in [1.29, 1.82) is 0 Å². The number of benzene rings is 3. The van der Waals surface area contributed by atoms with Crippen LogP contribution in [-0.2, 0) is 38.0 Å². The number of fused-ring (bicyclic) bond motifs is 1. The molecule has 1 aromatic heterocycles. The number of esters is 1. The molecule has 20 atom stereocenters. The minimum atomic E-state index is -2.22. The average molecular weight is 1140 g/mol. The summed E-state index contributed by atoms with van der Waals surface area (Å²) in [6.07, 6.45) is -37.0. The highest BCUT2D eigenvalue weighted by molar-refractivity contribution is 5.89. The predicted octanol–water partition coefficient (Wildman–Crippen LogP) is -5.14. The van der Waals surface area contributed by atoms with Gasteiger partial charge in [0, 0.05) is 23.8 Å². The van der Waals surface area contributed by atoms with Crippen molar-refractivity contribution in [1.82, 2.24) is 0 Å². The van der Waals surface area contributed by atoms with Crippen LogP contribution in [0.1, 0.15) is 5.56 Å². The number of ether oxygens (including phenoxy) is 11. The normalized spacial score (nSPS) is 34.7. The van der Waals surface area contributed by atoms with Gasteiger partial charge in [0.1, 0.15) is 126 Å². The highest BCUT2D eigenvalue weighted by Crippen LogP contribution is 2.41. The highest BCUT2D eigenvalue weighted by atomic mass is 16.8. The zero-order valence-corrected chi connectivity index (χ0v) is 42.0. The van der Waals surface area contributed by atoms with Gasteiger partial charge in [-0.1, -0.05) is 0 Å². The fourth-order valence-corrected chi connectivity index (χ4v) is 9.12. The molecule has 0 bridgehead atoms. The molecule has 8 rings (SSSR count). The molecule has 5 heterocycles. The molecule has 0 saturated carbocycles. The molecule has 0 aliphatic carbocycles. The smallest absolute Gasteiger partial charge is 0.330 e. The predicted molar refractivity (Wildman–Crippen MR) is 259 cm³/mol. The van der Waals surface area contributed by atoms with E-state index in [-0.39, 0.29) is 34.3 Å². The van der Waals surface area contributed by atoms with Crippen molar-refractivity contribution in [3.05, 3.63) is 70.4 Å². The Morgan fingerprint density at radius 3 is 1.65 bits per heavy atom. The van der Waals surface area contributed by atoms with Crippen molar-refractivity contribution in [3.63, 3.8) is 0 Å². The third-order valence-corrected chi connectivity index (χ3v) is 13.6. The first kappa shape index (κ1) is 60.0. The topological polar surface area (TPSA) is 472 Å². The van der Waals surface area contributed by atoms with Gasteiger partial charge in [-0.15, -0.1) is 0 Å². The maximum atomic E-state index is 14.7. The van der Waals surface area contributed by atoms with E-state index in [1.54, 1.807) is 0 Å².